The molecule has 10 heteroatoms. The van der Waals surface area contributed by atoms with Crippen LogP contribution in [0.2, 0.25) is 0 Å². The first-order chi connectivity index (χ1) is 20.7. The van der Waals surface area contributed by atoms with Crippen LogP contribution in [0.5, 0.6) is 5.75 Å². The van der Waals surface area contributed by atoms with E-state index < -0.39 is 11.7 Å². The topological polar surface area (TPSA) is 108 Å². The summed E-state index contributed by atoms with van der Waals surface area (Å²) in [6, 6.07) is 5.78. The average Bonchev–Trinajstić information content (AvgIpc) is 3.63. The van der Waals surface area contributed by atoms with Gasteiger partial charge in [0, 0.05) is 36.9 Å². The molecule has 1 aromatic carbocycles. The number of aromatic nitrogens is 3. The molecular weight excluding hydrogens is 546 g/mol. The number of carbonyl (C=O) groups is 3. The fraction of sp³-hybridized carbons (Fsp3) is 0.515. The molecule has 0 unspecified atom stereocenters. The number of ether oxygens (including phenoxy) is 2. The van der Waals surface area contributed by atoms with Crippen molar-refractivity contribution in [1.29, 1.82) is 0 Å². The number of hydrogen-bond donors (Lipinski definition) is 1. The number of rotatable bonds is 6. The highest BCUT2D eigenvalue weighted by Gasteiger charge is 2.32. The minimum Gasteiger partial charge on any atom is -0.489 e. The Morgan fingerprint density at radius 1 is 1.14 bits per heavy atom. The summed E-state index contributed by atoms with van der Waals surface area (Å²) in [5.41, 5.74) is 5.86. The van der Waals surface area contributed by atoms with Crippen LogP contribution in [-0.2, 0) is 29.0 Å². The van der Waals surface area contributed by atoms with Crippen molar-refractivity contribution in [1.82, 2.24) is 24.3 Å². The number of benzene rings is 1. The molecule has 7 rings (SSSR count). The highest BCUT2D eigenvalue weighted by molar-refractivity contribution is 6.00. The SMILES string of the molecule is CC(C)(C)OC(=O)N[C@@H]1CCCN(C(=O)c2cc3c4c(c2)nc(-c2cc5c(n2CC2CC2)C=C(C=O)CC5)n4CCO3)C1. The summed E-state index contributed by atoms with van der Waals surface area (Å²) in [5.74, 6) is 2.09. The Morgan fingerprint density at radius 2 is 1.98 bits per heavy atom. The van der Waals surface area contributed by atoms with Crippen LogP contribution in [0.1, 0.15) is 74.5 Å². The van der Waals surface area contributed by atoms with Gasteiger partial charge in [0.05, 0.1) is 17.8 Å². The van der Waals surface area contributed by atoms with Crippen LogP contribution < -0.4 is 10.1 Å². The van der Waals surface area contributed by atoms with Crippen LogP contribution in [-0.4, -0.2) is 68.6 Å². The molecule has 4 aliphatic rings. The van der Waals surface area contributed by atoms with E-state index >= 15 is 0 Å². The number of nitrogens with one attached hydrogen (secondary N) is 1. The van der Waals surface area contributed by atoms with Gasteiger partial charge in [-0.1, -0.05) is 0 Å². The smallest absolute Gasteiger partial charge is 0.407 e. The number of nitrogens with zero attached hydrogens (tertiary/aromatic N) is 4. The normalized spacial score (nSPS) is 19.8. The van der Waals surface area contributed by atoms with Gasteiger partial charge in [0.15, 0.2) is 5.82 Å². The quantitative estimate of drug-likeness (QED) is 0.410. The number of carbonyl (C=O) groups excluding carboxylic acids is 3. The molecule has 2 aliphatic heterocycles. The minimum atomic E-state index is -0.582. The van der Waals surface area contributed by atoms with Crippen molar-refractivity contribution in [2.45, 2.75) is 84.0 Å². The molecule has 10 nitrogen and oxygen atoms in total. The van der Waals surface area contributed by atoms with Crippen LogP contribution in [0.4, 0.5) is 4.79 Å². The molecule has 1 saturated carbocycles. The van der Waals surface area contributed by atoms with Gasteiger partial charge in [0.25, 0.3) is 5.91 Å². The highest BCUT2D eigenvalue weighted by Crippen LogP contribution is 2.40. The Bertz CT molecular complexity index is 1650. The maximum Gasteiger partial charge on any atom is 0.407 e. The van der Waals surface area contributed by atoms with E-state index in [1.807, 2.05) is 39.0 Å². The van der Waals surface area contributed by atoms with Crippen molar-refractivity contribution in [2.24, 2.45) is 5.92 Å². The first-order valence-electron chi connectivity index (χ1n) is 15.5. The van der Waals surface area contributed by atoms with Crippen molar-refractivity contribution in [3.63, 3.8) is 0 Å². The second kappa shape index (κ2) is 10.6. The van der Waals surface area contributed by atoms with Crippen LogP contribution in [0.25, 0.3) is 28.6 Å². The number of alkyl carbamates (subject to hydrolysis) is 1. The van der Waals surface area contributed by atoms with E-state index in [-0.39, 0.29) is 11.9 Å². The monoisotopic (exact) mass is 585 g/mol. The van der Waals surface area contributed by atoms with Gasteiger partial charge >= 0.3 is 6.09 Å². The Balaban J connectivity index is 1.20. The van der Waals surface area contributed by atoms with Crippen molar-refractivity contribution >= 4 is 35.4 Å². The number of amides is 2. The van der Waals surface area contributed by atoms with Crippen LogP contribution in [0, 0.1) is 5.92 Å². The summed E-state index contributed by atoms with van der Waals surface area (Å²) in [5, 5.41) is 2.93. The van der Waals surface area contributed by atoms with Gasteiger partial charge in [-0.25, -0.2) is 9.78 Å². The molecule has 4 heterocycles. The summed E-state index contributed by atoms with van der Waals surface area (Å²) >= 11 is 0. The van der Waals surface area contributed by atoms with Crippen LogP contribution in [0.3, 0.4) is 0 Å². The van der Waals surface area contributed by atoms with Crippen LogP contribution in [0.15, 0.2) is 23.8 Å². The van der Waals surface area contributed by atoms with Gasteiger partial charge in [0.1, 0.15) is 29.8 Å². The van der Waals surface area contributed by atoms with E-state index in [1.165, 1.54) is 18.4 Å². The predicted octanol–water partition coefficient (Wildman–Crippen LogP) is 4.97. The number of likely N-dealkylation sites (tertiary alicyclic amines) is 1. The number of allylic oxidation sites excluding steroid dienone is 1. The van der Waals surface area contributed by atoms with E-state index in [1.54, 1.807) is 4.90 Å². The number of aryl methyl sites for hydroxylation is 1. The Morgan fingerprint density at radius 3 is 2.74 bits per heavy atom. The molecule has 1 N–H and O–H groups in total. The molecule has 2 aromatic heterocycles. The summed E-state index contributed by atoms with van der Waals surface area (Å²) in [7, 11) is 0. The maximum absolute atomic E-state index is 13.8. The fourth-order valence-electron chi connectivity index (χ4n) is 6.61. The molecule has 0 radical (unpaired) electrons. The van der Waals surface area contributed by atoms with Crippen molar-refractivity contribution in [2.75, 3.05) is 19.7 Å². The van der Waals surface area contributed by atoms with Gasteiger partial charge in [0.2, 0.25) is 0 Å². The molecule has 226 valence electrons. The van der Waals surface area contributed by atoms with Crippen molar-refractivity contribution < 1.29 is 23.9 Å². The lowest BCUT2D eigenvalue weighted by Gasteiger charge is -2.33. The lowest BCUT2D eigenvalue weighted by molar-refractivity contribution is -0.105. The summed E-state index contributed by atoms with van der Waals surface area (Å²) in [4.78, 5) is 44.7. The van der Waals surface area contributed by atoms with Gasteiger partial charge < -0.3 is 28.8 Å². The number of piperidine rings is 1. The zero-order valence-corrected chi connectivity index (χ0v) is 25.1. The standard InChI is InChI=1S/C33H39N5O5/c1-33(2,3)43-32(41)34-24-5-4-10-36(18-24)31(40)23-14-25-29-28(16-23)42-12-11-37(29)30(35-25)27-15-22-9-8-21(19-39)13-26(22)38(27)17-20-6-7-20/h13-16,19-20,24H,4-12,17-18H2,1-3H3,(H,34,41)/t24-/m1/s1. The molecular formula is C33H39N5O5. The molecule has 1 atom stereocenters. The molecule has 2 fully saturated rings. The summed E-state index contributed by atoms with van der Waals surface area (Å²) in [6.45, 7) is 8.62. The molecule has 2 aliphatic carbocycles. The first kappa shape index (κ1) is 27.7. The number of imidazole rings is 1. The number of hydrogen-bond acceptors (Lipinski definition) is 6. The lowest BCUT2D eigenvalue weighted by Crippen LogP contribution is -2.50. The first-order valence-corrected chi connectivity index (χ1v) is 15.5. The maximum atomic E-state index is 13.8. The number of fused-ring (bicyclic) bond motifs is 1. The molecule has 0 spiro atoms. The third-order valence-corrected chi connectivity index (χ3v) is 8.80. The second-order valence-corrected chi connectivity index (χ2v) is 13.3. The molecule has 0 bridgehead atoms. The molecule has 43 heavy (non-hydrogen) atoms. The van der Waals surface area contributed by atoms with Gasteiger partial charge in [-0.05, 0) is 101 Å². The average molecular weight is 586 g/mol. The van der Waals surface area contributed by atoms with Gasteiger partial charge in [-0.3, -0.25) is 9.59 Å². The summed E-state index contributed by atoms with van der Waals surface area (Å²) in [6.07, 6.45) is 8.19. The molecule has 3 aromatic rings. The Kier molecular flexibility index (Phi) is 6.82. The third-order valence-electron chi connectivity index (χ3n) is 8.80. The van der Waals surface area contributed by atoms with E-state index in [2.05, 4.69) is 20.5 Å². The third kappa shape index (κ3) is 5.43. The summed E-state index contributed by atoms with van der Waals surface area (Å²) < 4.78 is 16.1. The largest absolute Gasteiger partial charge is 0.489 e. The van der Waals surface area contributed by atoms with Crippen LogP contribution >= 0.6 is 0 Å². The van der Waals surface area contributed by atoms with Gasteiger partial charge in [-0.2, -0.15) is 0 Å². The number of aldehydes is 1. The van der Waals surface area contributed by atoms with Crippen molar-refractivity contribution in [3.8, 4) is 17.3 Å². The lowest BCUT2D eigenvalue weighted by atomic mass is 9.98. The van der Waals surface area contributed by atoms with Crippen molar-refractivity contribution in [3.05, 3.63) is 40.6 Å². The van der Waals surface area contributed by atoms with E-state index in [4.69, 9.17) is 14.5 Å². The second-order valence-electron chi connectivity index (χ2n) is 13.3. The van der Waals surface area contributed by atoms with Gasteiger partial charge in [-0.15, -0.1) is 0 Å². The molecule has 1 saturated heterocycles. The Hall–Kier alpha value is -4.08. The zero-order valence-electron chi connectivity index (χ0n) is 25.1. The zero-order chi connectivity index (χ0) is 29.9. The minimum absolute atomic E-state index is 0.0989. The predicted molar refractivity (Wildman–Crippen MR) is 162 cm³/mol. The molecule has 2 amide bonds. The van der Waals surface area contributed by atoms with E-state index in [0.29, 0.717) is 43.5 Å². The highest BCUT2D eigenvalue weighted by atomic mass is 16.6. The fourth-order valence-corrected chi connectivity index (χ4v) is 6.61. The Labute approximate surface area is 251 Å². The van der Waals surface area contributed by atoms with E-state index in [0.717, 1.165) is 72.3 Å². The van der Waals surface area contributed by atoms with E-state index in [9.17, 15) is 14.4 Å².